The van der Waals surface area contributed by atoms with Crippen molar-refractivity contribution in [3.05, 3.63) is 72.8 Å². The Bertz CT molecular complexity index is 1220. The molecule has 0 spiro atoms. The predicted molar refractivity (Wildman–Crippen MR) is 92.3 cm³/mol. The average Bonchev–Trinajstić information content (AvgIpc) is 2.83. The lowest BCUT2D eigenvalue weighted by molar-refractivity contribution is 0.599. The summed E-state index contributed by atoms with van der Waals surface area (Å²) in [5.74, 6) is 0. The molecule has 0 saturated carbocycles. The minimum atomic E-state index is -3.48. The first-order valence-corrected chi connectivity index (χ1v) is 8.95. The first-order valence-electron chi connectivity index (χ1n) is 7.47. The summed E-state index contributed by atoms with van der Waals surface area (Å²) in [4.78, 5) is 0.865. The van der Waals surface area contributed by atoms with E-state index >= 15 is 0 Å². The van der Waals surface area contributed by atoms with Crippen LogP contribution >= 0.6 is 0 Å². The van der Waals surface area contributed by atoms with E-state index in [0.29, 0.717) is 9.79 Å². The molecule has 0 amide bonds. The van der Waals surface area contributed by atoms with Gasteiger partial charge in [0.05, 0.1) is 9.79 Å². The highest BCUT2D eigenvalue weighted by Gasteiger charge is 2.35. The van der Waals surface area contributed by atoms with E-state index in [1.54, 1.807) is 6.07 Å². The Balaban J connectivity index is 2.06. The molecule has 0 fully saturated rings. The van der Waals surface area contributed by atoms with Crippen LogP contribution in [-0.2, 0) is 9.84 Å². The van der Waals surface area contributed by atoms with Gasteiger partial charge in [-0.3, -0.25) is 0 Å². The summed E-state index contributed by atoms with van der Waals surface area (Å²) in [6.45, 7) is 0. The van der Waals surface area contributed by atoms with Crippen molar-refractivity contribution in [3.8, 4) is 11.1 Å². The topological polar surface area (TPSA) is 34.1 Å². The van der Waals surface area contributed by atoms with Gasteiger partial charge in [0.25, 0.3) is 0 Å². The second-order valence-corrected chi connectivity index (χ2v) is 7.68. The fourth-order valence-electron chi connectivity index (χ4n) is 3.59. The van der Waals surface area contributed by atoms with Gasteiger partial charge in [-0.15, -0.1) is 0 Å². The predicted octanol–water partition coefficient (Wildman–Crippen LogP) is 4.81. The largest absolute Gasteiger partial charge is 0.218 e. The number of hydrogen-bond donors (Lipinski definition) is 0. The average molecular weight is 316 g/mol. The van der Waals surface area contributed by atoms with E-state index in [0.717, 1.165) is 32.7 Å². The third kappa shape index (κ3) is 1.55. The molecule has 23 heavy (non-hydrogen) atoms. The monoisotopic (exact) mass is 316 g/mol. The maximum Gasteiger partial charge on any atom is 0.208 e. The molecule has 0 aliphatic carbocycles. The van der Waals surface area contributed by atoms with Crippen LogP contribution in [0.25, 0.3) is 32.7 Å². The number of sulfone groups is 1. The van der Waals surface area contributed by atoms with Gasteiger partial charge in [0.1, 0.15) is 0 Å². The van der Waals surface area contributed by atoms with Crippen molar-refractivity contribution in [2.24, 2.45) is 0 Å². The van der Waals surface area contributed by atoms with E-state index in [-0.39, 0.29) is 0 Å². The molecule has 110 valence electrons. The fraction of sp³-hybridized carbons (Fsp3) is 0. The summed E-state index contributed by atoms with van der Waals surface area (Å²) in [6.07, 6.45) is 0. The number of rotatable bonds is 0. The molecule has 5 rings (SSSR count). The molecule has 4 aromatic carbocycles. The highest BCUT2D eigenvalue weighted by Crippen LogP contribution is 2.49. The lowest BCUT2D eigenvalue weighted by atomic mass is 9.96. The smallest absolute Gasteiger partial charge is 0.208 e. The quantitative estimate of drug-likeness (QED) is 0.411. The standard InChI is InChI=1S/C20H12O2S/c21-23(22)18-12-10-13-5-1-3-7-15(13)19(18)17-11-9-14-6-2-4-8-16(14)20(17)23/h1-12H. The Kier molecular flexibility index (Phi) is 2.35. The molecule has 0 bridgehead atoms. The van der Waals surface area contributed by atoms with Crippen LogP contribution in [0.1, 0.15) is 0 Å². The van der Waals surface area contributed by atoms with Crippen LogP contribution in [0.3, 0.4) is 0 Å². The molecule has 0 aromatic heterocycles. The van der Waals surface area contributed by atoms with Gasteiger partial charge < -0.3 is 0 Å². The molecule has 0 saturated heterocycles. The molecule has 1 aliphatic heterocycles. The normalized spacial score (nSPS) is 14.8. The number of fused-ring (bicyclic) bond motifs is 7. The van der Waals surface area contributed by atoms with Gasteiger partial charge in [0.15, 0.2) is 0 Å². The zero-order chi connectivity index (χ0) is 15.6. The van der Waals surface area contributed by atoms with Crippen molar-refractivity contribution in [3.63, 3.8) is 0 Å². The molecular formula is C20H12O2S. The van der Waals surface area contributed by atoms with Gasteiger partial charge in [-0.25, -0.2) is 8.42 Å². The van der Waals surface area contributed by atoms with Gasteiger partial charge >= 0.3 is 0 Å². The minimum Gasteiger partial charge on any atom is -0.218 e. The van der Waals surface area contributed by atoms with Gasteiger partial charge in [-0.2, -0.15) is 0 Å². The molecule has 3 heteroatoms. The summed E-state index contributed by atoms with van der Waals surface area (Å²) in [7, 11) is -3.48. The van der Waals surface area contributed by atoms with Crippen molar-refractivity contribution in [2.45, 2.75) is 9.79 Å². The zero-order valence-corrected chi connectivity index (χ0v) is 13.0. The van der Waals surface area contributed by atoms with Crippen LogP contribution in [0, 0.1) is 0 Å². The molecule has 0 unspecified atom stereocenters. The van der Waals surface area contributed by atoms with Crippen molar-refractivity contribution >= 4 is 31.4 Å². The molecule has 0 radical (unpaired) electrons. The van der Waals surface area contributed by atoms with E-state index in [2.05, 4.69) is 0 Å². The highest BCUT2D eigenvalue weighted by atomic mass is 32.2. The van der Waals surface area contributed by atoms with Gasteiger partial charge in [-0.05, 0) is 22.2 Å². The van der Waals surface area contributed by atoms with Gasteiger partial charge in [0, 0.05) is 16.5 Å². The molecule has 4 aromatic rings. The van der Waals surface area contributed by atoms with Crippen molar-refractivity contribution in [1.29, 1.82) is 0 Å². The van der Waals surface area contributed by atoms with Gasteiger partial charge in [0.2, 0.25) is 9.84 Å². The van der Waals surface area contributed by atoms with Crippen molar-refractivity contribution < 1.29 is 8.42 Å². The molecule has 0 N–H and O–H groups in total. The third-order valence-corrected chi connectivity index (χ3v) is 6.49. The highest BCUT2D eigenvalue weighted by molar-refractivity contribution is 7.92. The third-order valence-electron chi connectivity index (χ3n) is 4.60. The number of hydrogen-bond acceptors (Lipinski definition) is 2. The lowest BCUT2D eigenvalue weighted by Crippen LogP contribution is -1.97. The van der Waals surface area contributed by atoms with E-state index in [1.165, 1.54) is 0 Å². The van der Waals surface area contributed by atoms with E-state index in [4.69, 9.17) is 0 Å². The SMILES string of the molecule is O=S1(=O)c2ccc3ccccc3c2-c2ccc3ccccc3c21. The Hall–Kier alpha value is -2.65. The van der Waals surface area contributed by atoms with Crippen molar-refractivity contribution in [1.82, 2.24) is 0 Å². The maximum atomic E-state index is 13.1. The maximum absolute atomic E-state index is 13.1. The second-order valence-electron chi connectivity index (χ2n) is 5.83. The molecule has 0 atom stereocenters. The second kappa shape index (κ2) is 4.21. The van der Waals surface area contributed by atoms with Crippen LogP contribution in [0.4, 0.5) is 0 Å². The Morgan fingerprint density at radius 1 is 0.609 bits per heavy atom. The van der Waals surface area contributed by atoms with Gasteiger partial charge in [-0.1, -0.05) is 66.7 Å². The van der Waals surface area contributed by atoms with Crippen molar-refractivity contribution in [2.75, 3.05) is 0 Å². The summed E-state index contributed by atoms with van der Waals surface area (Å²) in [5.41, 5.74) is 1.65. The zero-order valence-electron chi connectivity index (χ0n) is 12.2. The first kappa shape index (κ1) is 12.9. The van der Waals surface area contributed by atoms with Crippen LogP contribution in [0.2, 0.25) is 0 Å². The molecule has 1 aliphatic rings. The first-order chi connectivity index (χ1) is 11.2. The Labute approximate surface area is 133 Å². The molecular weight excluding hydrogens is 304 g/mol. The molecule has 2 nitrogen and oxygen atoms in total. The summed E-state index contributed by atoms with van der Waals surface area (Å²) >= 11 is 0. The minimum absolute atomic E-state index is 0.419. The van der Waals surface area contributed by atoms with Crippen LogP contribution < -0.4 is 0 Å². The summed E-state index contributed by atoms with van der Waals surface area (Å²) < 4.78 is 26.3. The lowest BCUT2D eigenvalue weighted by Gasteiger charge is -2.06. The summed E-state index contributed by atoms with van der Waals surface area (Å²) in [5, 5.41) is 3.79. The Morgan fingerprint density at radius 2 is 1.22 bits per heavy atom. The van der Waals surface area contributed by atoms with Crippen LogP contribution in [0.15, 0.2) is 82.6 Å². The summed E-state index contributed by atoms with van der Waals surface area (Å²) in [6, 6.07) is 23.2. The Morgan fingerprint density at radius 3 is 2.00 bits per heavy atom. The van der Waals surface area contributed by atoms with E-state index in [1.807, 2.05) is 66.7 Å². The van der Waals surface area contributed by atoms with Crippen LogP contribution in [0.5, 0.6) is 0 Å². The number of benzene rings is 4. The molecule has 1 heterocycles. The van der Waals surface area contributed by atoms with E-state index in [9.17, 15) is 8.42 Å². The van der Waals surface area contributed by atoms with E-state index < -0.39 is 9.84 Å². The fourth-order valence-corrected chi connectivity index (χ4v) is 5.48. The van der Waals surface area contributed by atoms with Crippen LogP contribution in [-0.4, -0.2) is 8.42 Å².